The Morgan fingerprint density at radius 2 is 1.84 bits per heavy atom. The molecule has 1 heterocycles. The predicted molar refractivity (Wildman–Crippen MR) is 65.0 cm³/mol. The van der Waals surface area contributed by atoms with Crippen molar-refractivity contribution in [2.45, 2.75) is 25.7 Å². The first-order valence-electron chi connectivity index (χ1n) is 6.13. The van der Waals surface area contributed by atoms with Gasteiger partial charge in [0.15, 0.2) is 5.82 Å². The highest BCUT2D eigenvalue weighted by Crippen LogP contribution is 2.33. The quantitative estimate of drug-likeness (QED) is 0.728. The lowest BCUT2D eigenvalue weighted by molar-refractivity contribution is -0.130. The number of esters is 1. The molecule has 1 aliphatic heterocycles. The summed E-state index contributed by atoms with van der Waals surface area (Å²) >= 11 is 0. The maximum absolute atomic E-state index is 13.5. The Bertz CT molecular complexity index is 620. The highest BCUT2D eigenvalue weighted by atomic mass is 19.1. The van der Waals surface area contributed by atoms with Gasteiger partial charge in [0.2, 0.25) is 5.90 Å². The Balaban J connectivity index is 2.00. The fourth-order valence-electron chi connectivity index (χ4n) is 2.35. The van der Waals surface area contributed by atoms with Crippen LogP contribution < -0.4 is 0 Å². The zero-order valence-electron chi connectivity index (χ0n) is 10.1. The molecular weight excluding hydrogens is 252 g/mol. The van der Waals surface area contributed by atoms with E-state index in [0.717, 1.165) is 30.5 Å². The van der Waals surface area contributed by atoms with E-state index in [1.165, 1.54) is 6.07 Å². The Hall–Kier alpha value is -2.04. The van der Waals surface area contributed by atoms with Crippen LogP contribution in [0.5, 0.6) is 0 Å². The summed E-state index contributed by atoms with van der Waals surface area (Å²) in [4.78, 5) is 15.6. The number of halogens is 2. The van der Waals surface area contributed by atoms with Crippen molar-refractivity contribution in [2.75, 3.05) is 0 Å². The van der Waals surface area contributed by atoms with E-state index in [-0.39, 0.29) is 11.6 Å². The average Bonchev–Trinajstić information content (AvgIpc) is 2.71. The largest absolute Gasteiger partial charge is 0.404 e. The van der Waals surface area contributed by atoms with Crippen LogP contribution in [0.3, 0.4) is 0 Å². The molecule has 0 aromatic heterocycles. The predicted octanol–water partition coefficient (Wildman–Crippen LogP) is 3.42. The third-order valence-corrected chi connectivity index (χ3v) is 3.29. The molecule has 0 saturated heterocycles. The molecule has 0 bridgehead atoms. The van der Waals surface area contributed by atoms with Gasteiger partial charge in [-0.1, -0.05) is 0 Å². The number of aliphatic imine (C=N–C) groups is 1. The summed E-state index contributed by atoms with van der Waals surface area (Å²) in [6.07, 6.45) is 3.30. The molecule has 3 rings (SSSR count). The van der Waals surface area contributed by atoms with Crippen LogP contribution in [0.25, 0.3) is 0 Å². The number of hydrogen-bond donors (Lipinski definition) is 0. The molecular formula is C14H11F2NO2. The van der Waals surface area contributed by atoms with Crippen LogP contribution >= 0.6 is 0 Å². The minimum atomic E-state index is -0.770. The van der Waals surface area contributed by atoms with Gasteiger partial charge in [0, 0.05) is 17.2 Å². The van der Waals surface area contributed by atoms with Crippen LogP contribution in [0.15, 0.2) is 34.3 Å². The van der Waals surface area contributed by atoms with Crippen LogP contribution in [0, 0.1) is 11.6 Å². The lowest BCUT2D eigenvalue weighted by Gasteiger charge is -2.09. The molecule has 0 spiro atoms. The third-order valence-electron chi connectivity index (χ3n) is 3.29. The monoisotopic (exact) mass is 263 g/mol. The highest BCUT2D eigenvalue weighted by Gasteiger charge is 2.32. The van der Waals surface area contributed by atoms with Crippen molar-refractivity contribution in [3.63, 3.8) is 0 Å². The summed E-state index contributed by atoms with van der Waals surface area (Å²) in [5.41, 5.74) is 1.39. The maximum atomic E-state index is 13.5. The molecule has 0 atom stereocenters. The molecule has 19 heavy (non-hydrogen) atoms. The Kier molecular flexibility index (Phi) is 2.89. The number of cyclic esters (lactones) is 1. The van der Waals surface area contributed by atoms with Gasteiger partial charge >= 0.3 is 5.97 Å². The van der Waals surface area contributed by atoms with E-state index >= 15 is 0 Å². The fourth-order valence-corrected chi connectivity index (χ4v) is 2.35. The number of carbonyl (C=O) groups is 1. The molecule has 0 radical (unpaired) electrons. The standard InChI is InChI=1S/C14H11F2NO2/c15-8-5-6-12(11(16)7-8)17-13-9-3-1-2-4-10(9)14(18)19-13/h5-7H,1-4H2. The van der Waals surface area contributed by atoms with Gasteiger partial charge in [-0.25, -0.2) is 18.6 Å². The fraction of sp³-hybridized carbons (Fsp3) is 0.286. The third kappa shape index (κ3) is 2.16. The van der Waals surface area contributed by atoms with Crippen LogP contribution in [-0.2, 0) is 9.53 Å². The number of nitrogens with zero attached hydrogens (tertiary/aromatic N) is 1. The Morgan fingerprint density at radius 3 is 2.58 bits per heavy atom. The molecule has 1 aromatic carbocycles. The molecule has 0 saturated carbocycles. The molecule has 0 N–H and O–H groups in total. The maximum Gasteiger partial charge on any atom is 0.341 e. The molecule has 3 nitrogen and oxygen atoms in total. The molecule has 2 aliphatic rings. The lowest BCUT2D eigenvalue weighted by Crippen LogP contribution is -2.03. The van der Waals surface area contributed by atoms with E-state index in [0.29, 0.717) is 18.4 Å². The second-order valence-electron chi connectivity index (χ2n) is 4.57. The molecule has 0 fully saturated rings. The second kappa shape index (κ2) is 4.57. The minimum absolute atomic E-state index is 0.0245. The first-order chi connectivity index (χ1) is 9.15. The molecule has 1 aromatic rings. The smallest absolute Gasteiger partial charge is 0.341 e. The molecule has 5 heteroatoms. The summed E-state index contributed by atoms with van der Waals surface area (Å²) in [6, 6.07) is 3.11. The van der Waals surface area contributed by atoms with E-state index in [2.05, 4.69) is 4.99 Å². The zero-order chi connectivity index (χ0) is 13.4. The SMILES string of the molecule is O=C1OC(=Nc2ccc(F)cc2F)C2=C1CCCC2. The van der Waals surface area contributed by atoms with Crippen molar-refractivity contribution < 1.29 is 18.3 Å². The van der Waals surface area contributed by atoms with E-state index in [4.69, 9.17) is 4.74 Å². The second-order valence-corrected chi connectivity index (χ2v) is 4.57. The van der Waals surface area contributed by atoms with Crippen molar-refractivity contribution in [2.24, 2.45) is 4.99 Å². The summed E-state index contributed by atoms with van der Waals surface area (Å²) in [5, 5.41) is 0. The number of carbonyl (C=O) groups excluding carboxylic acids is 1. The normalized spacial score (nSPS) is 20.7. The van der Waals surface area contributed by atoms with Gasteiger partial charge < -0.3 is 4.74 Å². The van der Waals surface area contributed by atoms with Gasteiger partial charge in [0.05, 0.1) is 0 Å². The average molecular weight is 263 g/mol. The van der Waals surface area contributed by atoms with Crippen LogP contribution in [0.2, 0.25) is 0 Å². The molecule has 98 valence electrons. The summed E-state index contributed by atoms with van der Waals surface area (Å²) in [7, 11) is 0. The minimum Gasteiger partial charge on any atom is -0.404 e. The molecule has 1 aliphatic carbocycles. The highest BCUT2D eigenvalue weighted by molar-refractivity contribution is 6.15. The number of ether oxygens (including phenoxy) is 1. The van der Waals surface area contributed by atoms with E-state index in [1.807, 2.05) is 0 Å². The van der Waals surface area contributed by atoms with Crippen LogP contribution in [-0.4, -0.2) is 11.9 Å². The van der Waals surface area contributed by atoms with Crippen molar-refractivity contribution in [3.05, 3.63) is 41.0 Å². The van der Waals surface area contributed by atoms with Crippen molar-refractivity contribution in [1.29, 1.82) is 0 Å². The lowest BCUT2D eigenvalue weighted by atomic mass is 9.93. The van der Waals surface area contributed by atoms with E-state index < -0.39 is 17.6 Å². The summed E-state index contributed by atoms with van der Waals surface area (Å²) in [5.74, 6) is -1.67. The van der Waals surface area contributed by atoms with Crippen LogP contribution in [0.1, 0.15) is 25.7 Å². The Labute approximate surface area is 108 Å². The number of rotatable bonds is 1. The first-order valence-corrected chi connectivity index (χ1v) is 6.13. The topological polar surface area (TPSA) is 38.7 Å². The number of hydrogen-bond acceptors (Lipinski definition) is 3. The first kappa shape index (κ1) is 12.0. The van der Waals surface area contributed by atoms with Crippen molar-refractivity contribution in [3.8, 4) is 0 Å². The molecule has 0 amide bonds. The van der Waals surface area contributed by atoms with Gasteiger partial charge in [0.25, 0.3) is 0 Å². The van der Waals surface area contributed by atoms with Crippen LogP contribution in [0.4, 0.5) is 14.5 Å². The molecule has 0 unspecified atom stereocenters. The van der Waals surface area contributed by atoms with Gasteiger partial charge in [-0.3, -0.25) is 0 Å². The van der Waals surface area contributed by atoms with Crippen molar-refractivity contribution >= 4 is 17.6 Å². The number of benzene rings is 1. The Morgan fingerprint density at radius 1 is 1.11 bits per heavy atom. The van der Waals surface area contributed by atoms with E-state index in [9.17, 15) is 13.6 Å². The van der Waals surface area contributed by atoms with Gasteiger partial charge in [-0.2, -0.15) is 0 Å². The van der Waals surface area contributed by atoms with Gasteiger partial charge in [-0.05, 0) is 37.8 Å². The van der Waals surface area contributed by atoms with Gasteiger partial charge in [-0.15, -0.1) is 0 Å². The van der Waals surface area contributed by atoms with E-state index in [1.54, 1.807) is 0 Å². The summed E-state index contributed by atoms with van der Waals surface area (Å²) < 4.78 is 31.4. The summed E-state index contributed by atoms with van der Waals surface area (Å²) in [6.45, 7) is 0. The zero-order valence-corrected chi connectivity index (χ0v) is 10.1. The van der Waals surface area contributed by atoms with Crippen molar-refractivity contribution in [1.82, 2.24) is 0 Å². The van der Waals surface area contributed by atoms with Gasteiger partial charge in [0.1, 0.15) is 11.5 Å².